The summed E-state index contributed by atoms with van der Waals surface area (Å²) in [5.74, 6) is 0. The second-order valence-corrected chi connectivity index (χ2v) is 7.16. The zero-order chi connectivity index (χ0) is 15.5. The number of aromatic nitrogens is 2. The summed E-state index contributed by atoms with van der Waals surface area (Å²) >= 11 is 7.48. The van der Waals surface area contributed by atoms with E-state index in [-0.39, 0.29) is 11.1 Å². The average Bonchev–Trinajstić information content (AvgIpc) is 2.36. The van der Waals surface area contributed by atoms with Gasteiger partial charge in [0.25, 0.3) is 5.56 Å². The van der Waals surface area contributed by atoms with Crippen LogP contribution in [0.3, 0.4) is 0 Å². The molecule has 0 unspecified atom stereocenters. The van der Waals surface area contributed by atoms with E-state index in [2.05, 4.69) is 36.1 Å². The van der Waals surface area contributed by atoms with Gasteiger partial charge in [-0.05, 0) is 38.5 Å². The third-order valence-corrected chi connectivity index (χ3v) is 3.93. The third kappa shape index (κ3) is 5.19. The maximum atomic E-state index is 11.3. The SMILES string of the molecule is CC(C)(C)NCc1ccc(Cl)cc1Sc1nccc(=O)[nH]1. The lowest BCUT2D eigenvalue weighted by Gasteiger charge is -2.21. The summed E-state index contributed by atoms with van der Waals surface area (Å²) in [4.78, 5) is 19.2. The number of rotatable bonds is 4. The van der Waals surface area contributed by atoms with Crippen molar-refractivity contribution in [2.24, 2.45) is 0 Å². The Morgan fingerprint density at radius 2 is 2.10 bits per heavy atom. The fourth-order valence-corrected chi connectivity index (χ4v) is 2.81. The largest absolute Gasteiger partial charge is 0.308 e. The molecule has 21 heavy (non-hydrogen) atoms. The lowest BCUT2D eigenvalue weighted by atomic mass is 10.1. The van der Waals surface area contributed by atoms with Crippen LogP contribution in [0.4, 0.5) is 0 Å². The fraction of sp³-hybridized carbons (Fsp3) is 0.333. The number of aromatic amines is 1. The number of hydrogen-bond acceptors (Lipinski definition) is 4. The predicted octanol–water partition coefficient (Wildman–Crippen LogP) is 3.46. The van der Waals surface area contributed by atoms with Crippen LogP contribution in [0, 0.1) is 0 Å². The van der Waals surface area contributed by atoms with E-state index >= 15 is 0 Å². The topological polar surface area (TPSA) is 57.8 Å². The van der Waals surface area contributed by atoms with Crippen LogP contribution in [0.15, 0.2) is 45.3 Å². The molecule has 1 aromatic carbocycles. The highest BCUT2D eigenvalue weighted by Gasteiger charge is 2.12. The van der Waals surface area contributed by atoms with Crippen molar-refractivity contribution in [3.8, 4) is 0 Å². The second-order valence-electron chi connectivity index (χ2n) is 5.70. The van der Waals surface area contributed by atoms with Crippen molar-refractivity contribution in [3.05, 3.63) is 51.4 Å². The van der Waals surface area contributed by atoms with Gasteiger partial charge in [0, 0.05) is 34.3 Å². The van der Waals surface area contributed by atoms with Gasteiger partial charge in [-0.25, -0.2) is 4.98 Å². The van der Waals surface area contributed by atoms with Crippen molar-refractivity contribution in [1.29, 1.82) is 0 Å². The van der Waals surface area contributed by atoms with Gasteiger partial charge in [0.05, 0.1) is 0 Å². The normalized spacial score (nSPS) is 11.6. The molecule has 0 saturated heterocycles. The van der Waals surface area contributed by atoms with Gasteiger partial charge in [0.2, 0.25) is 0 Å². The summed E-state index contributed by atoms with van der Waals surface area (Å²) in [6.07, 6.45) is 1.50. The Kier molecular flexibility index (Phi) is 5.08. The quantitative estimate of drug-likeness (QED) is 0.846. The Labute approximate surface area is 133 Å². The Hall–Kier alpha value is -1.30. The highest BCUT2D eigenvalue weighted by Crippen LogP contribution is 2.30. The van der Waals surface area contributed by atoms with Crippen molar-refractivity contribution in [2.45, 2.75) is 42.9 Å². The molecule has 2 aromatic rings. The molecule has 0 fully saturated rings. The smallest absolute Gasteiger partial charge is 0.251 e. The Morgan fingerprint density at radius 3 is 2.76 bits per heavy atom. The van der Waals surface area contributed by atoms with Gasteiger partial charge < -0.3 is 10.3 Å². The maximum absolute atomic E-state index is 11.3. The highest BCUT2D eigenvalue weighted by molar-refractivity contribution is 7.99. The van der Waals surface area contributed by atoms with Gasteiger partial charge in [-0.2, -0.15) is 0 Å². The van der Waals surface area contributed by atoms with Crippen molar-refractivity contribution >= 4 is 23.4 Å². The molecule has 2 N–H and O–H groups in total. The summed E-state index contributed by atoms with van der Waals surface area (Å²) in [5, 5.41) is 4.67. The Morgan fingerprint density at radius 1 is 1.33 bits per heavy atom. The minimum Gasteiger partial charge on any atom is -0.308 e. The molecular weight excluding hydrogens is 306 g/mol. The summed E-state index contributed by atoms with van der Waals surface area (Å²) in [6.45, 7) is 7.07. The molecule has 4 nitrogen and oxygen atoms in total. The van der Waals surface area contributed by atoms with Crippen molar-refractivity contribution in [1.82, 2.24) is 15.3 Å². The van der Waals surface area contributed by atoms with Crippen molar-refractivity contribution in [3.63, 3.8) is 0 Å². The predicted molar refractivity (Wildman–Crippen MR) is 87.0 cm³/mol. The molecule has 112 valence electrons. The van der Waals surface area contributed by atoms with E-state index in [1.54, 1.807) is 0 Å². The Balaban J connectivity index is 2.25. The van der Waals surface area contributed by atoms with E-state index in [9.17, 15) is 4.79 Å². The molecule has 0 radical (unpaired) electrons. The van der Waals surface area contributed by atoms with Gasteiger partial charge in [0.1, 0.15) is 0 Å². The number of nitrogens with one attached hydrogen (secondary N) is 2. The number of hydrogen-bond donors (Lipinski definition) is 2. The molecule has 1 heterocycles. The van der Waals surface area contributed by atoms with Crippen molar-refractivity contribution in [2.75, 3.05) is 0 Å². The zero-order valence-corrected chi connectivity index (χ0v) is 13.8. The number of H-pyrrole nitrogens is 1. The van der Waals surface area contributed by atoms with Crippen LogP contribution in [0.1, 0.15) is 26.3 Å². The molecule has 0 aliphatic heterocycles. The van der Waals surface area contributed by atoms with E-state index < -0.39 is 0 Å². The zero-order valence-electron chi connectivity index (χ0n) is 12.2. The number of benzene rings is 1. The van der Waals surface area contributed by atoms with Crippen LogP contribution in [0.25, 0.3) is 0 Å². The minimum atomic E-state index is -0.163. The summed E-state index contributed by atoms with van der Waals surface area (Å²) < 4.78 is 0. The van der Waals surface area contributed by atoms with Crippen molar-refractivity contribution < 1.29 is 0 Å². The number of halogens is 1. The molecule has 0 amide bonds. The monoisotopic (exact) mass is 323 g/mol. The van der Waals surface area contributed by atoms with E-state index in [4.69, 9.17) is 11.6 Å². The minimum absolute atomic E-state index is 0.0287. The average molecular weight is 324 g/mol. The summed E-state index contributed by atoms with van der Waals surface area (Å²) in [5.41, 5.74) is 0.982. The first-order valence-corrected chi connectivity index (χ1v) is 7.79. The van der Waals surface area contributed by atoms with Gasteiger partial charge in [-0.15, -0.1) is 0 Å². The fourth-order valence-electron chi connectivity index (χ4n) is 1.64. The molecular formula is C15H18ClN3OS. The van der Waals surface area contributed by atoms with Gasteiger partial charge in [0.15, 0.2) is 5.16 Å². The standard InChI is InChI=1S/C15H18ClN3OS/c1-15(2,3)18-9-10-4-5-11(16)8-12(10)21-14-17-7-6-13(20)19-14/h4-8,18H,9H2,1-3H3,(H,17,19,20). The molecule has 0 aliphatic rings. The van der Waals surface area contributed by atoms with Crippen LogP contribution in [0.5, 0.6) is 0 Å². The van der Waals surface area contributed by atoms with Crippen LogP contribution in [-0.2, 0) is 6.54 Å². The van der Waals surface area contributed by atoms with E-state index in [0.29, 0.717) is 10.2 Å². The first kappa shape index (κ1) is 16.1. The summed E-state index contributed by atoms with van der Waals surface area (Å²) in [6, 6.07) is 7.14. The highest BCUT2D eigenvalue weighted by atomic mass is 35.5. The molecule has 0 aliphatic carbocycles. The van der Waals surface area contributed by atoms with Crippen LogP contribution in [0.2, 0.25) is 5.02 Å². The third-order valence-electron chi connectivity index (χ3n) is 2.69. The molecule has 0 atom stereocenters. The number of nitrogens with zero attached hydrogens (tertiary/aromatic N) is 1. The molecule has 0 spiro atoms. The van der Waals surface area contributed by atoms with Gasteiger partial charge in [-0.3, -0.25) is 4.79 Å². The lowest BCUT2D eigenvalue weighted by molar-refractivity contribution is 0.422. The molecule has 0 saturated carbocycles. The molecule has 6 heteroatoms. The first-order valence-electron chi connectivity index (χ1n) is 6.60. The van der Waals surface area contributed by atoms with E-state index in [1.807, 2.05) is 18.2 Å². The van der Waals surface area contributed by atoms with Gasteiger partial charge in [-0.1, -0.05) is 29.4 Å². The van der Waals surface area contributed by atoms with Crippen LogP contribution in [-0.4, -0.2) is 15.5 Å². The van der Waals surface area contributed by atoms with E-state index in [0.717, 1.165) is 17.0 Å². The molecule has 0 bridgehead atoms. The maximum Gasteiger partial charge on any atom is 0.251 e. The van der Waals surface area contributed by atoms with Crippen LogP contribution < -0.4 is 10.9 Å². The second kappa shape index (κ2) is 6.64. The first-order chi connectivity index (χ1) is 9.83. The summed E-state index contributed by atoms with van der Waals surface area (Å²) in [7, 11) is 0. The molecule has 1 aromatic heterocycles. The lowest BCUT2D eigenvalue weighted by Crippen LogP contribution is -2.35. The molecule has 2 rings (SSSR count). The van der Waals surface area contributed by atoms with Gasteiger partial charge >= 0.3 is 0 Å². The van der Waals surface area contributed by atoms with Crippen LogP contribution >= 0.6 is 23.4 Å². The Bertz CT molecular complexity index is 679. The van der Waals surface area contributed by atoms with E-state index in [1.165, 1.54) is 24.0 Å².